The lowest BCUT2D eigenvalue weighted by Gasteiger charge is -2.25. The Bertz CT molecular complexity index is 632. The standard InChI is InChI=1S/C14H15N3O/c1-3-14(2,18)13(8-9-15)17-10-16-11-6-4-5-7-12(11)17/h4-8,10,18H,3H2,1-2H3/b13-8-/t14-/m1/s1. The van der Waals surface area contributed by atoms with Gasteiger partial charge in [-0.15, -0.1) is 0 Å². The first kappa shape index (κ1) is 12.3. The van der Waals surface area contributed by atoms with Gasteiger partial charge in [0.25, 0.3) is 0 Å². The number of benzene rings is 1. The third-order valence-corrected chi connectivity index (χ3v) is 3.15. The van der Waals surface area contributed by atoms with Crippen LogP contribution in [-0.2, 0) is 0 Å². The van der Waals surface area contributed by atoms with Gasteiger partial charge in [-0.25, -0.2) is 4.98 Å². The molecule has 1 atom stereocenters. The molecule has 0 unspecified atom stereocenters. The second kappa shape index (κ2) is 4.63. The van der Waals surface area contributed by atoms with Crippen molar-refractivity contribution in [3.63, 3.8) is 0 Å². The molecule has 0 bridgehead atoms. The molecule has 0 aliphatic heterocycles. The van der Waals surface area contributed by atoms with Crippen LogP contribution in [0.2, 0.25) is 0 Å². The van der Waals surface area contributed by atoms with Gasteiger partial charge in [-0.1, -0.05) is 19.1 Å². The van der Waals surface area contributed by atoms with Crippen molar-refractivity contribution >= 4 is 16.7 Å². The van der Waals surface area contributed by atoms with Crippen molar-refractivity contribution < 1.29 is 5.11 Å². The molecule has 1 N–H and O–H groups in total. The Morgan fingerprint density at radius 1 is 1.56 bits per heavy atom. The maximum Gasteiger partial charge on any atom is 0.103 e. The van der Waals surface area contributed by atoms with E-state index in [1.165, 1.54) is 6.08 Å². The minimum absolute atomic E-state index is 0.521. The van der Waals surface area contributed by atoms with Gasteiger partial charge in [0.2, 0.25) is 0 Å². The first-order valence-corrected chi connectivity index (χ1v) is 5.85. The van der Waals surface area contributed by atoms with E-state index in [-0.39, 0.29) is 0 Å². The van der Waals surface area contributed by atoms with E-state index < -0.39 is 5.60 Å². The normalized spacial score (nSPS) is 15.3. The quantitative estimate of drug-likeness (QED) is 0.840. The Morgan fingerprint density at radius 3 is 2.94 bits per heavy atom. The molecule has 1 heterocycles. The minimum atomic E-state index is -1.06. The number of para-hydroxylation sites is 2. The van der Waals surface area contributed by atoms with Crippen molar-refractivity contribution in [1.29, 1.82) is 5.26 Å². The van der Waals surface area contributed by atoms with E-state index >= 15 is 0 Å². The van der Waals surface area contributed by atoms with E-state index in [9.17, 15) is 5.11 Å². The van der Waals surface area contributed by atoms with Gasteiger partial charge in [-0.05, 0) is 25.5 Å². The summed E-state index contributed by atoms with van der Waals surface area (Å²) in [6.45, 7) is 3.58. The molecular weight excluding hydrogens is 226 g/mol. The monoisotopic (exact) mass is 241 g/mol. The fourth-order valence-corrected chi connectivity index (χ4v) is 1.88. The molecule has 0 aliphatic rings. The Hall–Kier alpha value is -2.12. The highest BCUT2D eigenvalue weighted by atomic mass is 16.3. The number of hydrogen-bond donors (Lipinski definition) is 1. The van der Waals surface area contributed by atoms with Crippen molar-refractivity contribution in [2.75, 3.05) is 0 Å². The van der Waals surface area contributed by atoms with Crippen molar-refractivity contribution in [3.8, 4) is 6.07 Å². The number of nitriles is 1. The molecular formula is C14H15N3O. The van der Waals surface area contributed by atoms with Gasteiger partial charge in [0.1, 0.15) is 11.9 Å². The van der Waals surface area contributed by atoms with Crippen LogP contribution in [0.15, 0.2) is 36.7 Å². The second-order valence-corrected chi connectivity index (χ2v) is 4.39. The Kier molecular flexibility index (Phi) is 3.17. The summed E-state index contributed by atoms with van der Waals surface area (Å²) < 4.78 is 1.77. The molecule has 0 fully saturated rings. The fourth-order valence-electron chi connectivity index (χ4n) is 1.88. The van der Waals surface area contributed by atoms with Gasteiger partial charge in [0.15, 0.2) is 0 Å². The zero-order valence-corrected chi connectivity index (χ0v) is 10.5. The summed E-state index contributed by atoms with van der Waals surface area (Å²) in [5.74, 6) is 0. The lowest BCUT2D eigenvalue weighted by atomic mass is 9.98. The number of hydrogen-bond acceptors (Lipinski definition) is 3. The molecule has 2 rings (SSSR count). The number of fused-ring (bicyclic) bond motifs is 1. The zero-order chi connectivity index (χ0) is 13.2. The van der Waals surface area contributed by atoms with Crippen LogP contribution in [0.3, 0.4) is 0 Å². The van der Waals surface area contributed by atoms with Crippen LogP contribution in [0, 0.1) is 11.3 Å². The van der Waals surface area contributed by atoms with Crippen LogP contribution in [0.5, 0.6) is 0 Å². The lowest BCUT2D eigenvalue weighted by molar-refractivity contribution is 0.113. The summed E-state index contributed by atoms with van der Waals surface area (Å²) in [6, 6.07) is 9.62. The van der Waals surface area contributed by atoms with Crippen LogP contribution < -0.4 is 0 Å². The SMILES string of the molecule is CC[C@@](C)(O)/C(=C/C#N)n1cnc2ccccc21. The van der Waals surface area contributed by atoms with E-state index in [4.69, 9.17) is 5.26 Å². The van der Waals surface area contributed by atoms with Crippen LogP contribution in [0.4, 0.5) is 0 Å². The highest BCUT2D eigenvalue weighted by Crippen LogP contribution is 2.27. The van der Waals surface area contributed by atoms with Crippen LogP contribution >= 0.6 is 0 Å². The first-order chi connectivity index (χ1) is 8.60. The van der Waals surface area contributed by atoms with Crippen LogP contribution in [0.1, 0.15) is 20.3 Å². The number of aliphatic hydroxyl groups is 1. The van der Waals surface area contributed by atoms with E-state index in [0.29, 0.717) is 12.1 Å². The maximum absolute atomic E-state index is 10.4. The van der Waals surface area contributed by atoms with Gasteiger partial charge in [-0.2, -0.15) is 5.26 Å². The predicted octanol–water partition coefficient (Wildman–Crippen LogP) is 2.56. The highest BCUT2D eigenvalue weighted by molar-refractivity contribution is 5.80. The molecule has 92 valence electrons. The summed E-state index contributed by atoms with van der Waals surface area (Å²) >= 11 is 0. The smallest absolute Gasteiger partial charge is 0.103 e. The molecule has 0 saturated heterocycles. The summed E-state index contributed by atoms with van der Waals surface area (Å²) in [5, 5.41) is 19.3. The van der Waals surface area contributed by atoms with E-state index in [1.54, 1.807) is 17.8 Å². The van der Waals surface area contributed by atoms with E-state index in [1.807, 2.05) is 37.3 Å². The van der Waals surface area contributed by atoms with Gasteiger partial charge in [0, 0.05) is 6.08 Å². The fraction of sp³-hybridized carbons (Fsp3) is 0.286. The molecule has 0 saturated carbocycles. The number of rotatable bonds is 3. The van der Waals surface area contributed by atoms with Gasteiger partial charge in [0.05, 0.1) is 22.8 Å². The van der Waals surface area contributed by atoms with E-state index in [2.05, 4.69) is 4.98 Å². The third-order valence-electron chi connectivity index (χ3n) is 3.15. The van der Waals surface area contributed by atoms with Crippen LogP contribution in [-0.4, -0.2) is 20.3 Å². The Morgan fingerprint density at radius 2 is 2.28 bits per heavy atom. The largest absolute Gasteiger partial charge is 0.384 e. The summed E-state index contributed by atoms with van der Waals surface area (Å²) in [7, 11) is 0. The maximum atomic E-state index is 10.4. The average molecular weight is 241 g/mol. The molecule has 0 aliphatic carbocycles. The second-order valence-electron chi connectivity index (χ2n) is 4.39. The first-order valence-electron chi connectivity index (χ1n) is 5.85. The Labute approximate surface area is 106 Å². The number of nitrogens with zero attached hydrogens (tertiary/aromatic N) is 3. The summed E-state index contributed by atoms with van der Waals surface area (Å²) in [4.78, 5) is 4.27. The Balaban J connectivity index is 2.65. The molecule has 1 aromatic heterocycles. The lowest BCUT2D eigenvalue weighted by Crippen LogP contribution is -2.27. The summed E-state index contributed by atoms with van der Waals surface area (Å²) in [6.07, 6.45) is 3.53. The predicted molar refractivity (Wildman–Crippen MR) is 70.5 cm³/mol. The van der Waals surface area contributed by atoms with Gasteiger partial charge < -0.3 is 5.11 Å². The number of imidazole rings is 1. The molecule has 4 nitrogen and oxygen atoms in total. The highest BCUT2D eigenvalue weighted by Gasteiger charge is 2.26. The average Bonchev–Trinajstić information content (AvgIpc) is 2.79. The molecule has 0 radical (unpaired) electrons. The number of aromatic nitrogens is 2. The van der Waals surface area contributed by atoms with Gasteiger partial charge >= 0.3 is 0 Å². The van der Waals surface area contributed by atoms with Crippen molar-refractivity contribution in [2.24, 2.45) is 0 Å². The molecule has 1 aromatic carbocycles. The third kappa shape index (κ3) is 2.01. The zero-order valence-electron chi connectivity index (χ0n) is 10.5. The number of allylic oxidation sites excluding steroid dienone is 1. The molecule has 18 heavy (non-hydrogen) atoms. The molecule has 0 amide bonds. The van der Waals surface area contributed by atoms with E-state index in [0.717, 1.165) is 11.0 Å². The van der Waals surface area contributed by atoms with Crippen molar-refractivity contribution in [2.45, 2.75) is 25.9 Å². The minimum Gasteiger partial charge on any atom is -0.384 e. The molecule has 0 spiro atoms. The van der Waals surface area contributed by atoms with Crippen molar-refractivity contribution in [1.82, 2.24) is 9.55 Å². The van der Waals surface area contributed by atoms with Crippen molar-refractivity contribution in [3.05, 3.63) is 36.7 Å². The van der Waals surface area contributed by atoms with Gasteiger partial charge in [-0.3, -0.25) is 4.57 Å². The summed E-state index contributed by atoms with van der Waals surface area (Å²) in [5.41, 5.74) is 1.21. The van der Waals surface area contributed by atoms with Crippen LogP contribution in [0.25, 0.3) is 16.7 Å². The molecule has 4 heteroatoms. The molecule has 2 aromatic rings. The topological polar surface area (TPSA) is 61.8 Å².